The molecule has 0 saturated carbocycles. The molecule has 4 aromatic rings. The van der Waals surface area contributed by atoms with E-state index in [1.807, 2.05) is 18.2 Å². The van der Waals surface area contributed by atoms with Crippen molar-refractivity contribution in [2.24, 2.45) is 4.99 Å². The number of para-hydroxylation sites is 2. The van der Waals surface area contributed by atoms with E-state index in [0.717, 1.165) is 61.0 Å². The Hall–Kier alpha value is -3.61. The lowest BCUT2D eigenvalue weighted by atomic mass is 10.1. The van der Waals surface area contributed by atoms with Gasteiger partial charge in [0, 0.05) is 38.7 Å². The van der Waals surface area contributed by atoms with Gasteiger partial charge in [0.25, 0.3) is 0 Å². The summed E-state index contributed by atoms with van der Waals surface area (Å²) < 4.78 is 7.90. The Labute approximate surface area is 188 Å². The number of imidazole rings is 1. The molecule has 7 heteroatoms. The maximum Gasteiger partial charge on any atom is 0.226 e. The second kappa shape index (κ2) is 10.1. The first kappa shape index (κ1) is 21.6. The third-order valence-corrected chi connectivity index (χ3v) is 5.44. The van der Waals surface area contributed by atoms with Crippen molar-refractivity contribution in [1.29, 1.82) is 0 Å². The number of fused-ring (bicyclic) bond motifs is 1. The van der Waals surface area contributed by atoms with Gasteiger partial charge < -0.3 is 19.6 Å². The number of hydrogen-bond donors (Lipinski definition) is 2. The predicted octanol–water partition coefficient (Wildman–Crippen LogP) is 4.11. The van der Waals surface area contributed by atoms with E-state index < -0.39 is 0 Å². The molecule has 2 N–H and O–H groups in total. The topological polar surface area (TPSA) is 80.3 Å². The predicted molar refractivity (Wildman–Crippen MR) is 129 cm³/mol. The molecule has 2 aromatic heterocycles. The van der Waals surface area contributed by atoms with Gasteiger partial charge in [-0.15, -0.1) is 0 Å². The van der Waals surface area contributed by atoms with Crippen molar-refractivity contribution >= 4 is 17.0 Å². The van der Waals surface area contributed by atoms with E-state index in [1.165, 1.54) is 11.1 Å². The van der Waals surface area contributed by atoms with Crippen molar-refractivity contribution in [2.75, 3.05) is 20.1 Å². The van der Waals surface area contributed by atoms with Crippen LogP contribution in [0, 0.1) is 13.8 Å². The number of aromatic nitrogens is 3. The first-order chi connectivity index (χ1) is 15.6. The number of aliphatic imine (C=N–C) groups is 1. The second-order valence-electron chi connectivity index (χ2n) is 7.84. The van der Waals surface area contributed by atoms with Crippen LogP contribution in [-0.2, 0) is 13.0 Å². The third-order valence-electron chi connectivity index (χ3n) is 5.44. The lowest BCUT2D eigenvalue weighted by Gasteiger charge is -2.12. The first-order valence-corrected chi connectivity index (χ1v) is 11.0. The van der Waals surface area contributed by atoms with E-state index in [4.69, 9.17) is 4.42 Å². The molecule has 7 nitrogen and oxygen atoms in total. The largest absolute Gasteiger partial charge is 0.444 e. The van der Waals surface area contributed by atoms with Crippen LogP contribution in [0.15, 0.2) is 64.2 Å². The molecule has 0 aliphatic carbocycles. The Bertz CT molecular complexity index is 1190. The number of aryl methyl sites for hydroxylation is 3. The highest BCUT2D eigenvalue weighted by atomic mass is 16.3. The van der Waals surface area contributed by atoms with Crippen molar-refractivity contribution in [3.8, 4) is 11.5 Å². The van der Waals surface area contributed by atoms with E-state index in [2.05, 4.69) is 74.3 Å². The van der Waals surface area contributed by atoms with Crippen molar-refractivity contribution in [2.45, 2.75) is 33.2 Å². The number of rotatable bonds is 8. The summed E-state index contributed by atoms with van der Waals surface area (Å²) in [4.78, 5) is 13.5. The van der Waals surface area contributed by atoms with Crippen LogP contribution in [0.1, 0.15) is 23.5 Å². The van der Waals surface area contributed by atoms with Gasteiger partial charge in [-0.2, -0.15) is 0 Å². The van der Waals surface area contributed by atoms with Gasteiger partial charge in [-0.25, -0.2) is 9.97 Å². The number of guanidine groups is 1. The van der Waals surface area contributed by atoms with Crippen LogP contribution < -0.4 is 10.6 Å². The smallest absolute Gasteiger partial charge is 0.226 e. The summed E-state index contributed by atoms with van der Waals surface area (Å²) in [5.41, 5.74) is 5.37. The molecule has 166 valence electrons. The minimum Gasteiger partial charge on any atom is -0.444 e. The number of hydrogen-bond acceptors (Lipinski definition) is 4. The zero-order chi connectivity index (χ0) is 22.3. The van der Waals surface area contributed by atoms with Crippen molar-refractivity contribution in [3.05, 3.63) is 71.9 Å². The van der Waals surface area contributed by atoms with Gasteiger partial charge in [0.2, 0.25) is 5.89 Å². The zero-order valence-corrected chi connectivity index (χ0v) is 18.9. The minimum absolute atomic E-state index is 0.657. The van der Waals surface area contributed by atoms with Crippen molar-refractivity contribution in [3.63, 3.8) is 0 Å². The third kappa shape index (κ3) is 5.17. The average Bonchev–Trinajstić information content (AvgIpc) is 3.40. The van der Waals surface area contributed by atoms with Gasteiger partial charge in [0.05, 0.1) is 16.7 Å². The summed E-state index contributed by atoms with van der Waals surface area (Å²) in [5, 5.41) is 6.73. The Morgan fingerprint density at radius 1 is 1.00 bits per heavy atom. The van der Waals surface area contributed by atoms with Crippen LogP contribution >= 0.6 is 0 Å². The Morgan fingerprint density at radius 2 is 1.78 bits per heavy atom. The molecule has 32 heavy (non-hydrogen) atoms. The highest BCUT2D eigenvalue weighted by Gasteiger charge is 2.08. The van der Waals surface area contributed by atoms with Crippen LogP contribution in [0.25, 0.3) is 22.5 Å². The Kier molecular flexibility index (Phi) is 6.84. The molecule has 0 fully saturated rings. The average molecular weight is 431 g/mol. The van der Waals surface area contributed by atoms with Crippen molar-refractivity contribution < 1.29 is 4.42 Å². The van der Waals surface area contributed by atoms with Crippen LogP contribution in [0.5, 0.6) is 0 Å². The van der Waals surface area contributed by atoms with Gasteiger partial charge in [0.15, 0.2) is 5.96 Å². The molecular weight excluding hydrogens is 400 g/mol. The molecule has 0 saturated heterocycles. The molecule has 0 atom stereocenters. The van der Waals surface area contributed by atoms with E-state index in [9.17, 15) is 0 Å². The molecule has 0 radical (unpaired) electrons. The molecule has 2 aromatic carbocycles. The summed E-state index contributed by atoms with van der Waals surface area (Å²) in [6, 6.07) is 16.5. The van der Waals surface area contributed by atoms with Crippen LogP contribution in [0.4, 0.5) is 0 Å². The van der Waals surface area contributed by atoms with E-state index in [0.29, 0.717) is 5.89 Å². The molecule has 0 amide bonds. The molecule has 4 rings (SSSR count). The standard InChI is InChI=1S/C25H30N6O/c1-18-9-11-20(12-10-18)24-30-21(17-32-24)13-15-28-25(26-3)27-14-6-16-31-19(2)29-22-7-4-5-8-23(22)31/h4-5,7-12,17H,6,13-16H2,1-3H3,(H2,26,27,28). The van der Waals surface area contributed by atoms with Gasteiger partial charge in [-0.3, -0.25) is 4.99 Å². The Balaban J connectivity index is 1.21. The second-order valence-corrected chi connectivity index (χ2v) is 7.84. The van der Waals surface area contributed by atoms with Crippen LogP contribution in [0.3, 0.4) is 0 Å². The molecule has 0 aliphatic rings. The normalized spacial score (nSPS) is 11.8. The molecular formula is C25H30N6O. The molecule has 2 heterocycles. The highest BCUT2D eigenvalue weighted by molar-refractivity contribution is 5.79. The monoisotopic (exact) mass is 430 g/mol. The summed E-state index contributed by atoms with van der Waals surface area (Å²) in [6.07, 6.45) is 3.46. The maximum atomic E-state index is 5.64. The highest BCUT2D eigenvalue weighted by Crippen LogP contribution is 2.19. The van der Waals surface area contributed by atoms with E-state index in [1.54, 1.807) is 13.3 Å². The Morgan fingerprint density at radius 3 is 2.59 bits per heavy atom. The molecule has 0 aliphatic heterocycles. The zero-order valence-electron chi connectivity index (χ0n) is 18.9. The lowest BCUT2D eigenvalue weighted by Crippen LogP contribution is -2.39. The van der Waals surface area contributed by atoms with Crippen molar-refractivity contribution in [1.82, 2.24) is 25.2 Å². The first-order valence-electron chi connectivity index (χ1n) is 11.0. The summed E-state index contributed by atoms with van der Waals surface area (Å²) >= 11 is 0. The van der Waals surface area contributed by atoms with E-state index >= 15 is 0 Å². The number of benzene rings is 2. The fourth-order valence-corrected chi connectivity index (χ4v) is 3.70. The van der Waals surface area contributed by atoms with E-state index in [-0.39, 0.29) is 0 Å². The molecule has 0 bridgehead atoms. The molecule has 0 spiro atoms. The fraction of sp³-hybridized carbons (Fsp3) is 0.320. The fourth-order valence-electron chi connectivity index (χ4n) is 3.70. The quantitative estimate of drug-likeness (QED) is 0.250. The van der Waals surface area contributed by atoms with Gasteiger partial charge in [-0.1, -0.05) is 29.8 Å². The van der Waals surface area contributed by atoms with Gasteiger partial charge in [-0.05, 0) is 44.5 Å². The number of nitrogens with one attached hydrogen (secondary N) is 2. The van der Waals surface area contributed by atoms with Gasteiger partial charge in [0.1, 0.15) is 12.1 Å². The lowest BCUT2D eigenvalue weighted by molar-refractivity contribution is 0.572. The van der Waals surface area contributed by atoms with Crippen LogP contribution in [0.2, 0.25) is 0 Å². The SMILES string of the molecule is CN=C(NCCCn1c(C)nc2ccccc21)NCCc1coc(-c2ccc(C)cc2)n1. The summed E-state index contributed by atoms with van der Waals surface area (Å²) in [6.45, 7) is 6.59. The van der Waals surface area contributed by atoms with Crippen LogP contribution in [-0.4, -0.2) is 40.6 Å². The number of oxazole rings is 1. The molecule has 0 unspecified atom stereocenters. The summed E-state index contributed by atoms with van der Waals surface area (Å²) in [7, 11) is 1.79. The van der Waals surface area contributed by atoms with Gasteiger partial charge >= 0.3 is 0 Å². The summed E-state index contributed by atoms with van der Waals surface area (Å²) in [5.74, 6) is 2.50. The number of nitrogens with zero attached hydrogens (tertiary/aromatic N) is 4. The minimum atomic E-state index is 0.657. The maximum absolute atomic E-state index is 5.64.